The Bertz CT molecular complexity index is 828. The van der Waals surface area contributed by atoms with E-state index in [9.17, 15) is 4.79 Å². The van der Waals surface area contributed by atoms with E-state index in [0.29, 0.717) is 0 Å². The second kappa shape index (κ2) is 4.63. The van der Waals surface area contributed by atoms with Crippen molar-refractivity contribution in [1.82, 2.24) is 14.8 Å². The zero-order chi connectivity index (χ0) is 14.3. The normalized spacial score (nSPS) is 11.2. The van der Waals surface area contributed by atoms with E-state index in [0.717, 1.165) is 40.0 Å². The first-order chi connectivity index (χ1) is 9.63. The Morgan fingerprint density at radius 2 is 1.90 bits per heavy atom. The number of para-hydroxylation sites is 1. The number of hydrogen-bond acceptors (Lipinski definition) is 2. The molecule has 0 radical (unpaired) electrons. The second-order valence-electron chi connectivity index (χ2n) is 4.97. The van der Waals surface area contributed by atoms with Crippen molar-refractivity contribution in [2.75, 3.05) is 0 Å². The maximum absolute atomic E-state index is 12.2. The predicted octanol–water partition coefficient (Wildman–Crippen LogP) is 2.89. The molecule has 0 bridgehead atoms. The van der Waals surface area contributed by atoms with Crippen LogP contribution in [0.4, 0.5) is 0 Å². The summed E-state index contributed by atoms with van der Waals surface area (Å²) in [5.74, 6) is 0. The van der Waals surface area contributed by atoms with Crippen LogP contribution < -0.4 is 5.56 Å². The summed E-state index contributed by atoms with van der Waals surface area (Å²) in [7, 11) is 0. The Morgan fingerprint density at radius 1 is 1.20 bits per heavy atom. The van der Waals surface area contributed by atoms with Gasteiger partial charge in [-0.25, -0.2) is 4.68 Å². The molecule has 1 aromatic carbocycles. The Hall–Kier alpha value is -2.36. The van der Waals surface area contributed by atoms with Crippen LogP contribution in [-0.4, -0.2) is 14.8 Å². The average molecular weight is 267 g/mol. The van der Waals surface area contributed by atoms with Crippen molar-refractivity contribution in [1.29, 1.82) is 0 Å². The predicted molar refractivity (Wildman–Crippen MR) is 80.5 cm³/mol. The monoisotopic (exact) mass is 267 g/mol. The van der Waals surface area contributed by atoms with Crippen LogP contribution in [0.25, 0.3) is 16.7 Å². The lowest BCUT2D eigenvalue weighted by atomic mass is 10.0. The molecule has 0 fully saturated rings. The number of H-pyrrole nitrogens is 1. The quantitative estimate of drug-likeness (QED) is 0.776. The van der Waals surface area contributed by atoms with Crippen LogP contribution in [-0.2, 0) is 6.42 Å². The van der Waals surface area contributed by atoms with Gasteiger partial charge in [-0.15, -0.1) is 0 Å². The maximum atomic E-state index is 12.2. The number of hydrogen-bond donors (Lipinski definition) is 1. The largest absolute Gasteiger partial charge is 0.306 e. The molecule has 0 saturated carbocycles. The van der Waals surface area contributed by atoms with E-state index in [4.69, 9.17) is 0 Å². The summed E-state index contributed by atoms with van der Waals surface area (Å²) in [5.41, 5.74) is 4.51. The van der Waals surface area contributed by atoms with E-state index in [1.165, 1.54) is 0 Å². The fraction of sp³-hybridized carbons (Fsp3) is 0.250. The molecule has 0 aliphatic carbocycles. The Kier molecular flexibility index (Phi) is 2.93. The van der Waals surface area contributed by atoms with Gasteiger partial charge in [-0.3, -0.25) is 4.79 Å². The SMILES string of the molecule is CCc1c(C)c2c(C)nn(-c3ccccc3)c2[nH]c1=O. The van der Waals surface area contributed by atoms with Crippen molar-refractivity contribution in [3.05, 3.63) is 57.5 Å². The average Bonchev–Trinajstić information content (AvgIpc) is 2.77. The molecule has 0 unspecified atom stereocenters. The van der Waals surface area contributed by atoms with Gasteiger partial charge in [0.2, 0.25) is 0 Å². The van der Waals surface area contributed by atoms with E-state index in [1.807, 2.05) is 51.1 Å². The van der Waals surface area contributed by atoms with Gasteiger partial charge in [-0.05, 0) is 38.0 Å². The third-order valence-electron chi connectivity index (χ3n) is 3.75. The number of aromatic nitrogens is 3. The number of rotatable bonds is 2. The first-order valence-corrected chi connectivity index (χ1v) is 6.80. The Labute approximate surface area is 117 Å². The van der Waals surface area contributed by atoms with Crippen LogP contribution in [0.5, 0.6) is 0 Å². The van der Waals surface area contributed by atoms with Gasteiger partial charge in [0, 0.05) is 10.9 Å². The van der Waals surface area contributed by atoms with Crippen molar-refractivity contribution in [3.8, 4) is 5.69 Å². The number of nitrogens with zero attached hydrogens (tertiary/aromatic N) is 2. The molecule has 3 rings (SSSR count). The number of aromatic amines is 1. The highest BCUT2D eigenvalue weighted by molar-refractivity contribution is 5.84. The minimum Gasteiger partial charge on any atom is -0.306 e. The molecular weight excluding hydrogens is 250 g/mol. The van der Waals surface area contributed by atoms with E-state index in [1.54, 1.807) is 4.68 Å². The van der Waals surface area contributed by atoms with Crippen molar-refractivity contribution in [2.45, 2.75) is 27.2 Å². The van der Waals surface area contributed by atoms with Crippen molar-refractivity contribution < 1.29 is 0 Å². The molecule has 0 aliphatic rings. The highest BCUT2D eigenvalue weighted by Crippen LogP contribution is 2.23. The standard InChI is InChI=1S/C16H17N3O/c1-4-13-10(2)14-11(3)18-19(15(14)17-16(13)20)12-8-6-5-7-9-12/h5-9H,4H2,1-3H3,(H,17,20). The van der Waals surface area contributed by atoms with Crippen molar-refractivity contribution in [2.24, 2.45) is 0 Å². The van der Waals surface area contributed by atoms with E-state index < -0.39 is 0 Å². The lowest BCUT2D eigenvalue weighted by molar-refractivity contribution is 0.874. The minimum absolute atomic E-state index is 0.0189. The number of benzene rings is 1. The van der Waals surface area contributed by atoms with Gasteiger partial charge in [-0.2, -0.15) is 5.10 Å². The molecule has 1 N–H and O–H groups in total. The van der Waals surface area contributed by atoms with Crippen molar-refractivity contribution >= 4 is 11.0 Å². The zero-order valence-electron chi connectivity index (χ0n) is 11.9. The molecule has 0 saturated heterocycles. The summed E-state index contributed by atoms with van der Waals surface area (Å²) < 4.78 is 1.80. The minimum atomic E-state index is -0.0189. The summed E-state index contributed by atoms with van der Waals surface area (Å²) >= 11 is 0. The lowest BCUT2D eigenvalue weighted by Gasteiger charge is -2.06. The first kappa shape index (κ1) is 12.7. The number of fused-ring (bicyclic) bond motifs is 1. The summed E-state index contributed by atoms with van der Waals surface area (Å²) in [5, 5.41) is 5.63. The first-order valence-electron chi connectivity index (χ1n) is 6.80. The third-order valence-corrected chi connectivity index (χ3v) is 3.75. The fourth-order valence-electron chi connectivity index (χ4n) is 2.78. The van der Waals surface area contributed by atoms with Gasteiger partial charge in [0.25, 0.3) is 5.56 Å². The van der Waals surface area contributed by atoms with Crippen LogP contribution in [0, 0.1) is 13.8 Å². The van der Waals surface area contributed by atoms with E-state index in [-0.39, 0.29) is 5.56 Å². The molecule has 2 aromatic heterocycles. The van der Waals surface area contributed by atoms with Crippen LogP contribution in [0.1, 0.15) is 23.7 Å². The topological polar surface area (TPSA) is 50.7 Å². The molecule has 0 atom stereocenters. The number of pyridine rings is 1. The second-order valence-corrected chi connectivity index (χ2v) is 4.97. The molecule has 3 aromatic rings. The lowest BCUT2D eigenvalue weighted by Crippen LogP contribution is -2.15. The summed E-state index contributed by atoms with van der Waals surface area (Å²) in [6, 6.07) is 9.85. The third kappa shape index (κ3) is 1.76. The Balaban J connectivity index is 2.41. The molecular formula is C16H17N3O. The van der Waals surface area contributed by atoms with Gasteiger partial charge in [0.05, 0.1) is 11.4 Å². The maximum Gasteiger partial charge on any atom is 0.253 e. The molecule has 4 heteroatoms. The molecule has 0 amide bonds. The molecule has 0 spiro atoms. The molecule has 0 aliphatic heterocycles. The van der Waals surface area contributed by atoms with Gasteiger partial charge in [0.15, 0.2) is 0 Å². The fourth-order valence-corrected chi connectivity index (χ4v) is 2.78. The highest BCUT2D eigenvalue weighted by Gasteiger charge is 2.15. The number of nitrogens with one attached hydrogen (secondary N) is 1. The van der Waals surface area contributed by atoms with Crippen LogP contribution >= 0.6 is 0 Å². The van der Waals surface area contributed by atoms with E-state index >= 15 is 0 Å². The van der Waals surface area contributed by atoms with Gasteiger partial charge >= 0.3 is 0 Å². The zero-order valence-corrected chi connectivity index (χ0v) is 11.9. The van der Waals surface area contributed by atoms with E-state index in [2.05, 4.69) is 10.1 Å². The summed E-state index contributed by atoms with van der Waals surface area (Å²) in [6.45, 7) is 5.98. The molecule has 2 heterocycles. The summed E-state index contributed by atoms with van der Waals surface area (Å²) in [4.78, 5) is 15.2. The van der Waals surface area contributed by atoms with Crippen molar-refractivity contribution in [3.63, 3.8) is 0 Å². The van der Waals surface area contributed by atoms with Gasteiger partial charge in [-0.1, -0.05) is 25.1 Å². The molecule has 4 nitrogen and oxygen atoms in total. The molecule has 20 heavy (non-hydrogen) atoms. The Morgan fingerprint density at radius 3 is 2.55 bits per heavy atom. The smallest absolute Gasteiger partial charge is 0.253 e. The van der Waals surface area contributed by atoms with Crippen LogP contribution in [0.3, 0.4) is 0 Å². The van der Waals surface area contributed by atoms with Crippen LogP contribution in [0.15, 0.2) is 35.1 Å². The van der Waals surface area contributed by atoms with Gasteiger partial charge in [0.1, 0.15) is 5.65 Å². The molecule has 102 valence electrons. The highest BCUT2D eigenvalue weighted by atomic mass is 16.1. The van der Waals surface area contributed by atoms with Gasteiger partial charge < -0.3 is 4.98 Å². The number of aryl methyl sites for hydroxylation is 2. The van der Waals surface area contributed by atoms with Crippen LogP contribution in [0.2, 0.25) is 0 Å². The summed E-state index contributed by atoms with van der Waals surface area (Å²) in [6.07, 6.45) is 0.729.